The highest BCUT2D eigenvalue weighted by atomic mass is 16.5. The Bertz CT molecular complexity index is 1080. The number of anilines is 2. The van der Waals surface area contributed by atoms with Gasteiger partial charge in [-0.05, 0) is 25.1 Å². The molecule has 3 aromatic rings. The van der Waals surface area contributed by atoms with Gasteiger partial charge in [0.05, 0.1) is 37.4 Å². The number of methoxy groups -OCH3 is 1. The number of hydrogen-bond acceptors (Lipinski definition) is 7. The summed E-state index contributed by atoms with van der Waals surface area (Å²) in [6.45, 7) is 3.36. The summed E-state index contributed by atoms with van der Waals surface area (Å²) in [5, 5.41) is 10.1. The molecule has 0 radical (unpaired) electrons. The van der Waals surface area contributed by atoms with Crippen LogP contribution in [-0.2, 0) is 16.1 Å². The Morgan fingerprint density at radius 2 is 1.94 bits per heavy atom. The van der Waals surface area contributed by atoms with E-state index in [1.165, 1.54) is 10.9 Å². The number of carbonyl (C=O) groups is 2. The van der Waals surface area contributed by atoms with Gasteiger partial charge in [0.1, 0.15) is 18.9 Å². The average Bonchev–Trinajstić information content (AvgIpc) is 3.27. The van der Waals surface area contributed by atoms with Crippen LogP contribution in [0.15, 0.2) is 55.1 Å². The molecule has 2 amide bonds. The van der Waals surface area contributed by atoms with Gasteiger partial charge in [0.15, 0.2) is 5.75 Å². The van der Waals surface area contributed by atoms with E-state index in [-0.39, 0.29) is 24.8 Å². The van der Waals surface area contributed by atoms with Gasteiger partial charge in [0.2, 0.25) is 11.8 Å². The van der Waals surface area contributed by atoms with Crippen LogP contribution in [0.1, 0.15) is 12.0 Å². The van der Waals surface area contributed by atoms with Crippen molar-refractivity contribution in [3.63, 3.8) is 0 Å². The number of likely N-dealkylation sites (N-methyl/N-ethyl adjacent to an activating group) is 1. The fourth-order valence-corrected chi connectivity index (χ4v) is 3.06. The third-order valence-corrected chi connectivity index (χ3v) is 5.03. The number of amides is 2. The SMILES string of the molecule is COc1cnccc1NCCC(=O)Nc1cnn(CC(=O)N(C)CCOc2ccc(C)cc2)c1. The van der Waals surface area contributed by atoms with Crippen LogP contribution in [0.25, 0.3) is 0 Å². The minimum absolute atomic E-state index is 0.0697. The smallest absolute Gasteiger partial charge is 0.244 e. The lowest BCUT2D eigenvalue weighted by molar-refractivity contribution is -0.131. The molecule has 0 fully saturated rings. The van der Waals surface area contributed by atoms with E-state index in [0.717, 1.165) is 17.0 Å². The molecule has 2 N–H and O–H groups in total. The molecule has 10 heteroatoms. The number of nitrogens with one attached hydrogen (secondary N) is 2. The number of hydrogen-bond donors (Lipinski definition) is 2. The second-order valence-corrected chi connectivity index (χ2v) is 7.70. The highest BCUT2D eigenvalue weighted by Crippen LogP contribution is 2.21. The first-order valence-corrected chi connectivity index (χ1v) is 10.9. The van der Waals surface area contributed by atoms with Crippen LogP contribution < -0.4 is 20.1 Å². The fourth-order valence-electron chi connectivity index (χ4n) is 3.06. The Hall–Kier alpha value is -4.08. The van der Waals surface area contributed by atoms with E-state index < -0.39 is 0 Å². The number of benzene rings is 1. The predicted molar refractivity (Wildman–Crippen MR) is 129 cm³/mol. The van der Waals surface area contributed by atoms with Crippen LogP contribution in [0, 0.1) is 6.92 Å². The molecule has 34 heavy (non-hydrogen) atoms. The van der Waals surface area contributed by atoms with Crippen molar-refractivity contribution in [1.29, 1.82) is 0 Å². The Labute approximate surface area is 198 Å². The Balaban J connectivity index is 1.37. The molecule has 0 saturated carbocycles. The first kappa shape index (κ1) is 24.6. The van der Waals surface area contributed by atoms with Gasteiger partial charge in [-0.25, -0.2) is 0 Å². The summed E-state index contributed by atoms with van der Waals surface area (Å²) in [7, 11) is 3.28. The Morgan fingerprint density at radius 1 is 1.15 bits per heavy atom. The number of aryl methyl sites for hydroxylation is 1. The van der Waals surface area contributed by atoms with Crippen LogP contribution in [-0.4, -0.2) is 65.3 Å². The fraction of sp³-hybridized carbons (Fsp3) is 0.333. The summed E-state index contributed by atoms with van der Waals surface area (Å²) in [4.78, 5) is 30.3. The monoisotopic (exact) mass is 466 g/mol. The van der Waals surface area contributed by atoms with Crippen LogP contribution >= 0.6 is 0 Å². The van der Waals surface area contributed by atoms with Crippen molar-refractivity contribution >= 4 is 23.2 Å². The van der Waals surface area contributed by atoms with Crippen molar-refractivity contribution in [2.24, 2.45) is 0 Å². The van der Waals surface area contributed by atoms with Gasteiger partial charge in [-0.3, -0.25) is 19.3 Å². The molecule has 2 aromatic heterocycles. The van der Waals surface area contributed by atoms with Crippen LogP contribution in [0.2, 0.25) is 0 Å². The number of carbonyl (C=O) groups excluding carboxylic acids is 2. The Morgan fingerprint density at radius 3 is 2.71 bits per heavy atom. The zero-order valence-electron chi connectivity index (χ0n) is 19.7. The molecule has 0 aliphatic heterocycles. The van der Waals surface area contributed by atoms with Crippen molar-refractivity contribution in [3.8, 4) is 11.5 Å². The number of rotatable bonds is 12. The van der Waals surface area contributed by atoms with Crippen LogP contribution in [0.3, 0.4) is 0 Å². The largest absolute Gasteiger partial charge is 0.493 e. The number of pyridine rings is 1. The lowest BCUT2D eigenvalue weighted by Gasteiger charge is -2.17. The van der Waals surface area contributed by atoms with Crippen molar-refractivity contribution in [1.82, 2.24) is 19.7 Å². The summed E-state index contributed by atoms with van der Waals surface area (Å²) >= 11 is 0. The summed E-state index contributed by atoms with van der Waals surface area (Å²) < 4.78 is 12.4. The van der Waals surface area contributed by atoms with E-state index in [0.29, 0.717) is 31.1 Å². The maximum absolute atomic E-state index is 12.5. The maximum atomic E-state index is 12.5. The van der Waals surface area contributed by atoms with Crippen LogP contribution in [0.4, 0.5) is 11.4 Å². The molecule has 0 bridgehead atoms. The topological polar surface area (TPSA) is 111 Å². The molecule has 10 nitrogen and oxygen atoms in total. The molecule has 0 unspecified atom stereocenters. The number of nitrogens with zero attached hydrogens (tertiary/aromatic N) is 4. The first-order chi connectivity index (χ1) is 16.4. The van der Waals surface area contributed by atoms with Gasteiger partial charge in [-0.15, -0.1) is 0 Å². The van der Waals surface area contributed by atoms with Crippen molar-refractivity contribution in [2.45, 2.75) is 19.9 Å². The van der Waals surface area contributed by atoms with E-state index in [1.807, 2.05) is 31.2 Å². The minimum Gasteiger partial charge on any atom is -0.493 e. The van der Waals surface area contributed by atoms with Gasteiger partial charge in [-0.2, -0.15) is 5.10 Å². The van der Waals surface area contributed by atoms with Gasteiger partial charge in [0.25, 0.3) is 0 Å². The standard InChI is InChI=1S/C24H30N6O4/c1-18-4-6-20(7-5-18)34-13-12-29(2)24(32)17-30-16-19(14-27-30)28-23(31)9-11-26-21-8-10-25-15-22(21)33-3/h4-8,10,14-16H,9,11-13,17H2,1-3H3,(H,25,26)(H,28,31). The molecule has 0 aliphatic carbocycles. The van der Waals surface area contributed by atoms with Gasteiger partial charge in [-0.1, -0.05) is 17.7 Å². The van der Waals surface area contributed by atoms with E-state index >= 15 is 0 Å². The molecule has 3 rings (SSSR count). The molecule has 1 aromatic carbocycles. The summed E-state index contributed by atoms with van der Waals surface area (Å²) in [5.74, 6) is 1.11. The quantitative estimate of drug-likeness (QED) is 0.422. The summed E-state index contributed by atoms with van der Waals surface area (Å²) in [6, 6.07) is 9.55. The third kappa shape index (κ3) is 7.51. The molecule has 0 spiro atoms. The van der Waals surface area contributed by atoms with Gasteiger partial charge >= 0.3 is 0 Å². The molecule has 2 heterocycles. The van der Waals surface area contributed by atoms with Gasteiger partial charge < -0.3 is 25.0 Å². The van der Waals surface area contributed by atoms with E-state index in [9.17, 15) is 9.59 Å². The summed E-state index contributed by atoms with van der Waals surface area (Å²) in [6.07, 6.45) is 6.65. The third-order valence-electron chi connectivity index (χ3n) is 5.03. The second kappa shape index (κ2) is 12.2. The molecular formula is C24H30N6O4. The second-order valence-electron chi connectivity index (χ2n) is 7.70. The lowest BCUT2D eigenvalue weighted by Crippen LogP contribution is -2.33. The predicted octanol–water partition coefficient (Wildman–Crippen LogP) is 2.57. The summed E-state index contributed by atoms with van der Waals surface area (Å²) in [5.41, 5.74) is 2.46. The zero-order valence-corrected chi connectivity index (χ0v) is 19.7. The van der Waals surface area contributed by atoms with Crippen molar-refractivity contribution in [3.05, 3.63) is 60.7 Å². The normalized spacial score (nSPS) is 10.4. The first-order valence-electron chi connectivity index (χ1n) is 10.9. The minimum atomic E-state index is -0.170. The molecular weight excluding hydrogens is 436 g/mol. The molecule has 180 valence electrons. The van der Waals surface area contributed by atoms with E-state index in [2.05, 4.69) is 20.7 Å². The maximum Gasteiger partial charge on any atom is 0.244 e. The lowest BCUT2D eigenvalue weighted by atomic mass is 10.2. The van der Waals surface area contributed by atoms with E-state index in [1.54, 1.807) is 43.7 Å². The highest BCUT2D eigenvalue weighted by Gasteiger charge is 2.12. The highest BCUT2D eigenvalue weighted by molar-refractivity contribution is 5.90. The number of aromatic nitrogens is 3. The van der Waals surface area contributed by atoms with Crippen molar-refractivity contribution < 1.29 is 19.1 Å². The molecule has 0 saturated heterocycles. The average molecular weight is 467 g/mol. The van der Waals surface area contributed by atoms with Crippen molar-refractivity contribution in [2.75, 3.05) is 44.5 Å². The van der Waals surface area contributed by atoms with Gasteiger partial charge in [0, 0.05) is 32.4 Å². The van der Waals surface area contributed by atoms with E-state index in [4.69, 9.17) is 9.47 Å². The van der Waals surface area contributed by atoms with Crippen LogP contribution in [0.5, 0.6) is 11.5 Å². The zero-order chi connectivity index (χ0) is 24.3. The Kier molecular flexibility index (Phi) is 8.84. The molecule has 0 atom stereocenters. The number of ether oxygens (including phenoxy) is 2. The molecule has 0 aliphatic rings.